The molecular weight excluding hydrogens is 324 g/mol. The Hall–Kier alpha value is -1.80. The first-order valence-electron chi connectivity index (χ1n) is 7.34. The molecule has 1 N–H and O–H groups in total. The van der Waals surface area contributed by atoms with Crippen LogP contribution in [0, 0.1) is 18.6 Å². The van der Waals surface area contributed by atoms with E-state index in [1.54, 1.807) is 6.20 Å². The molecule has 0 radical (unpaired) electrons. The van der Waals surface area contributed by atoms with Crippen LogP contribution in [0.1, 0.15) is 30.3 Å². The topological polar surface area (TPSA) is 66.1 Å². The largest absolute Gasteiger partial charge is 0.346 e. The highest BCUT2D eigenvalue weighted by Gasteiger charge is 2.32. The number of nitrogens with one attached hydrogen (secondary N) is 1. The molecule has 8 heteroatoms. The quantitative estimate of drug-likeness (QED) is 0.933. The Labute approximate surface area is 133 Å². The summed E-state index contributed by atoms with van der Waals surface area (Å²) in [5.41, 5.74) is 0.917. The lowest BCUT2D eigenvalue weighted by atomic mass is 9.99. The van der Waals surface area contributed by atoms with Crippen molar-refractivity contribution in [3.05, 3.63) is 47.5 Å². The average Bonchev–Trinajstić information content (AvgIpc) is 2.96. The van der Waals surface area contributed by atoms with Crippen molar-refractivity contribution in [1.29, 1.82) is 0 Å². The van der Waals surface area contributed by atoms with Crippen LogP contribution < -0.4 is 0 Å². The zero-order valence-electron chi connectivity index (χ0n) is 12.6. The maximum atomic E-state index is 13.3. The highest BCUT2D eigenvalue weighted by molar-refractivity contribution is 7.89. The number of aromatic amines is 1. The van der Waals surface area contributed by atoms with Crippen LogP contribution in [0.15, 0.2) is 29.3 Å². The lowest BCUT2D eigenvalue weighted by molar-refractivity contribution is 0.309. The number of nitrogens with zero attached hydrogens (tertiary/aromatic N) is 2. The van der Waals surface area contributed by atoms with Crippen molar-refractivity contribution in [2.45, 2.75) is 30.6 Å². The third kappa shape index (κ3) is 3.13. The van der Waals surface area contributed by atoms with Crippen LogP contribution in [0.3, 0.4) is 0 Å². The van der Waals surface area contributed by atoms with E-state index in [1.807, 2.05) is 6.92 Å². The highest BCUT2D eigenvalue weighted by atomic mass is 32.2. The number of rotatable bonds is 3. The molecule has 3 rings (SSSR count). The van der Waals surface area contributed by atoms with Gasteiger partial charge in [0.05, 0.1) is 4.90 Å². The lowest BCUT2D eigenvalue weighted by Gasteiger charge is -2.31. The van der Waals surface area contributed by atoms with Crippen LogP contribution in [0.25, 0.3) is 0 Å². The Morgan fingerprint density at radius 3 is 2.74 bits per heavy atom. The summed E-state index contributed by atoms with van der Waals surface area (Å²) in [6, 6.07) is 2.65. The van der Waals surface area contributed by atoms with E-state index in [9.17, 15) is 17.2 Å². The molecule has 5 nitrogen and oxygen atoms in total. The van der Waals surface area contributed by atoms with Gasteiger partial charge in [0.15, 0.2) is 11.6 Å². The average molecular weight is 341 g/mol. The van der Waals surface area contributed by atoms with Gasteiger partial charge in [0.1, 0.15) is 5.82 Å². The Balaban J connectivity index is 1.86. The number of H-pyrrole nitrogens is 1. The number of imidazole rings is 1. The smallest absolute Gasteiger partial charge is 0.243 e. The first-order valence-corrected chi connectivity index (χ1v) is 8.78. The van der Waals surface area contributed by atoms with Crippen molar-refractivity contribution in [3.63, 3.8) is 0 Å². The Morgan fingerprint density at radius 2 is 2.09 bits per heavy atom. The van der Waals surface area contributed by atoms with Crippen molar-refractivity contribution >= 4 is 10.0 Å². The van der Waals surface area contributed by atoms with E-state index in [4.69, 9.17) is 0 Å². The van der Waals surface area contributed by atoms with Gasteiger partial charge in [0.25, 0.3) is 0 Å². The molecule has 1 fully saturated rings. The highest BCUT2D eigenvalue weighted by Crippen LogP contribution is 2.29. The number of hydrogen-bond donors (Lipinski definition) is 1. The molecular formula is C15H17F2N3O2S. The molecule has 124 valence electrons. The van der Waals surface area contributed by atoms with Gasteiger partial charge >= 0.3 is 0 Å². The first-order chi connectivity index (χ1) is 10.9. The van der Waals surface area contributed by atoms with Gasteiger partial charge in [-0.05, 0) is 38.0 Å². The third-order valence-corrected chi connectivity index (χ3v) is 5.88. The van der Waals surface area contributed by atoms with Crippen molar-refractivity contribution in [2.24, 2.45) is 0 Å². The Bertz CT molecular complexity index is 820. The summed E-state index contributed by atoms with van der Waals surface area (Å²) >= 11 is 0. The normalized spacial score (nSPS) is 19.9. The van der Waals surface area contributed by atoms with E-state index in [2.05, 4.69) is 9.97 Å². The molecule has 0 bridgehead atoms. The molecule has 0 saturated carbocycles. The van der Waals surface area contributed by atoms with E-state index in [0.29, 0.717) is 13.0 Å². The molecule has 2 aromatic rings. The van der Waals surface area contributed by atoms with Gasteiger partial charge in [-0.25, -0.2) is 22.2 Å². The van der Waals surface area contributed by atoms with Crippen LogP contribution in [0.4, 0.5) is 8.78 Å². The van der Waals surface area contributed by atoms with Gasteiger partial charge in [-0.1, -0.05) is 0 Å². The van der Waals surface area contributed by atoms with Crippen molar-refractivity contribution in [3.8, 4) is 0 Å². The monoisotopic (exact) mass is 341 g/mol. The Morgan fingerprint density at radius 1 is 1.30 bits per heavy atom. The molecule has 2 heterocycles. The summed E-state index contributed by atoms with van der Waals surface area (Å²) in [6.07, 6.45) is 3.22. The fraction of sp³-hybridized carbons (Fsp3) is 0.400. The molecule has 0 aliphatic carbocycles. The summed E-state index contributed by atoms with van der Waals surface area (Å²) in [5.74, 6) is -1.50. The van der Waals surface area contributed by atoms with Crippen LogP contribution in [0.5, 0.6) is 0 Å². The van der Waals surface area contributed by atoms with Crippen molar-refractivity contribution < 1.29 is 17.2 Å². The first kappa shape index (κ1) is 16.1. The summed E-state index contributed by atoms with van der Waals surface area (Å²) in [4.78, 5) is 7.17. The zero-order chi connectivity index (χ0) is 16.6. The summed E-state index contributed by atoms with van der Waals surface area (Å²) < 4.78 is 53.0. The predicted molar refractivity (Wildman–Crippen MR) is 80.4 cm³/mol. The van der Waals surface area contributed by atoms with E-state index in [1.165, 1.54) is 4.31 Å². The van der Waals surface area contributed by atoms with Gasteiger partial charge in [-0.15, -0.1) is 0 Å². The number of aromatic nitrogens is 2. The molecule has 0 amide bonds. The Kier molecular flexibility index (Phi) is 4.20. The minimum absolute atomic E-state index is 0.0301. The molecule has 1 aliphatic rings. The summed E-state index contributed by atoms with van der Waals surface area (Å²) in [6.45, 7) is 2.51. The van der Waals surface area contributed by atoms with Gasteiger partial charge in [0.2, 0.25) is 10.0 Å². The standard InChI is InChI=1S/C15H17F2N3O2S/c1-10-8-18-15(19-10)11-3-2-6-20(9-11)23(21,22)12-4-5-13(16)14(17)7-12/h4-5,7-8,11H,2-3,6,9H2,1H3,(H,18,19)/t11-/m1/s1. The number of piperidine rings is 1. The van der Waals surface area contributed by atoms with Crippen LogP contribution in [0.2, 0.25) is 0 Å². The number of hydrogen-bond acceptors (Lipinski definition) is 3. The van der Waals surface area contributed by atoms with Crippen LogP contribution in [-0.4, -0.2) is 35.8 Å². The molecule has 1 aromatic heterocycles. The van der Waals surface area contributed by atoms with Crippen molar-refractivity contribution in [2.75, 3.05) is 13.1 Å². The second-order valence-corrected chi connectivity index (χ2v) is 7.67. The van der Waals surface area contributed by atoms with Gasteiger partial charge in [-0.3, -0.25) is 0 Å². The van der Waals surface area contributed by atoms with E-state index >= 15 is 0 Å². The second kappa shape index (κ2) is 6.01. The maximum absolute atomic E-state index is 13.3. The van der Waals surface area contributed by atoms with Gasteiger partial charge in [0, 0.05) is 30.9 Å². The summed E-state index contributed by atoms with van der Waals surface area (Å²) in [5, 5.41) is 0. The number of halogens is 2. The SMILES string of the molecule is Cc1cnc([C@@H]2CCCN(S(=O)(=O)c3ccc(F)c(F)c3)C2)[nH]1. The van der Waals surface area contributed by atoms with Crippen LogP contribution in [-0.2, 0) is 10.0 Å². The molecule has 1 saturated heterocycles. The predicted octanol–water partition coefficient (Wildman–Crippen LogP) is 2.56. The van der Waals surface area contributed by atoms with Gasteiger partial charge in [-0.2, -0.15) is 4.31 Å². The fourth-order valence-corrected chi connectivity index (χ4v) is 4.35. The lowest BCUT2D eigenvalue weighted by Crippen LogP contribution is -2.39. The number of aryl methyl sites for hydroxylation is 1. The van der Waals surface area contributed by atoms with Crippen molar-refractivity contribution in [1.82, 2.24) is 14.3 Å². The molecule has 1 aliphatic heterocycles. The third-order valence-electron chi connectivity index (χ3n) is 4.02. The zero-order valence-corrected chi connectivity index (χ0v) is 13.4. The molecule has 1 atom stereocenters. The minimum Gasteiger partial charge on any atom is -0.346 e. The number of sulfonamides is 1. The van der Waals surface area contributed by atoms with E-state index in [-0.39, 0.29) is 17.4 Å². The second-order valence-electron chi connectivity index (χ2n) is 5.73. The number of benzene rings is 1. The van der Waals surface area contributed by atoms with E-state index in [0.717, 1.165) is 36.1 Å². The molecule has 1 aromatic carbocycles. The molecule has 23 heavy (non-hydrogen) atoms. The van der Waals surface area contributed by atoms with Crippen LogP contribution >= 0.6 is 0 Å². The van der Waals surface area contributed by atoms with Gasteiger partial charge < -0.3 is 4.98 Å². The minimum atomic E-state index is -3.85. The summed E-state index contributed by atoms with van der Waals surface area (Å²) in [7, 11) is -3.85. The molecule has 0 unspecified atom stereocenters. The fourth-order valence-electron chi connectivity index (χ4n) is 2.81. The molecule has 0 spiro atoms. The maximum Gasteiger partial charge on any atom is 0.243 e. The van der Waals surface area contributed by atoms with E-state index < -0.39 is 21.7 Å².